The second-order valence-corrected chi connectivity index (χ2v) is 4.36. The van der Waals surface area contributed by atoms with Gasteiger partial charge in [-0.15, -0.1) is 0 Å². The van der Waals surface area contributed by atoms with Crippen LogP contribution in [0.4, 0.5) is 0 Å². The lowest BCUT2D eigenvalue weighted by Gasteiger charge is -2.32. The van der Waals surface area contributed by atoms with Gasteiger partial charge in [-0.05, 0) is 13.0 Å². The van der Waals surface area contributed by atoms with Crippen molar-refractivity contribution >= 4 is 5.97 Å². The van der Waals surface area contributed by atoms with Crippen LogP contribution in [0, 0.1) is 0 Å². The molecule has 2 rings (SSSR count). The fourth-order valence-electron chi connectivity index (χ4n) is 1.88. The summed E-state index contributed by atoms with van der Waals surface area (Å²) < 4.78 is 15.9. The van der Waals surface area contributed by atoms with Crippen molar-refractivity contribution in [1.82, 2.24) is 0 Å². The van der Waals surface area contributed by atoms with Gasteiger partial charge in [-0.3, -0.25) is 0 Å². The van der Waals surface area contributed by atoms with E-state index in [1.807, 2.05) is 30.3 Å². The smallest absolute Gasteiger partial charge is 0.330 e. The molecule has 3 atom stereocenters. The molecule has 1 N–H and O–H groups in total. The molecule has 0 spiro atoms. The molecule has 5 heteroatoms. The van der Waals surface area contributed by atoms with Crippen LogP contribution in [0.2, 0.25) is 0 Å². The SMILES string of the molecule is CCOC(=O)/C=C/[C@@H]1O[C@H](c2ccccc2)OC[C@H]1O. The second-order valence-electron chi connectivity index (χ2n) is 4.36. The monoisotopic (exact) mass is 278 g/mol. The largest absolute Gasteiger partial charge is 0.463 e. The number of hydrogen-bond acceptors (Lipinski definition) is 5. The number of carbonyl (C=O) groups is 1. The molecule has 1 aliphatic heterocycles. The first-order chi connectivity index (χ1) is 9.70. The Balaban J connectivity index is 2.00. The Hall–Kier alpha value is -1.69. The van der Waals surface area contributed by atoms with Crippen LogP contribution in [-0.2, 0) is 19.0 Å². The third kappa shape index (κ3) is 3.90. The first-order valence-corrected chi connectivity index (χ1v) is 6.55. The van der Waals surface area contributed by atoms with E-state index >= 15 is 0 Å². The van der Waals surface area contributed by atoms with Gasteiger partial charge in [0.15, 0.2) is 6.29 Å². The summed E-state index contributed by atoms with van der Waals surface area (Å²) in [5.74, 6) is -0.453. The van der Waals surface area contributed by atoms with Crippen molar-refractivity contribution in [3.63, 3.8) is 0 Å². The Labute approximate surface area is 117 Å². The van der Waals surface area contributed by atoms with Gasteiger partial charge in [0.25, 0.3) is 0 Å². The number of rotatable bonds is 4. The maximum absolute atomic E-state index is 11.3. The minimum Gasteiger partial charge on any atom is -0.463 e. The van der Waals surface area contributed by atoms with E-state index in [2.05, 4.69) is 0 Å². The predicted octanol–water partition coefficient (Wildman–Crippen LogP) is 1.58. The van der Waals surface area contributed by atoms with E-state index in [4.69, 9.17) is 14.2 Å². The number of hydrogen-bond donors (Lipinski definition) is 1. The number of carbonyl (C=O) groups excluding carboxylic acids is 1. The first kappa shape index (κ1) is 14.7. The fourth-order valence-corrected chi connectivity index (χ4v) is 1.88. The summed E-state index contributed by atoms with van der Waals surface area (Å²) in [6.07, 6.45) is 0.821. The molecule has 0 radical (unpaired) electrons. The van der Waals surface area contributed by atoms with Gasteiger partial charge in [0.05, 0.1) is 13.2 Å². The lowest BCUT2D eigenvalue weighted by molar-refractivity contribution is -0.243. The summed E-state index contributed by atoms with van der Waals surface area (Å²) in [5, 5.41) is 9.82. The molecule has 108 valence electrons. The minimum absolute atomic E-state index is 0.150. The van der Waals surface area contributed by atoms with Gasteiger partial charge in [0.2, 0.25) is 0 Å². The summed E-state index contributed by atoms with van der Waals surface area (Å²) in [5.41, 5.74) is 0.869. The molecular weight excluding hydrogens is 260 g/mol. The molecule has 1 saturated heterocycles. The van der Waals surface area contributed by atoms with Crippen LogP contribution >= 0.6 is 0 Å². The molecule has 0 aromatic heterocycles. The molecule has 1 aromatic rings. The van der Waals surface area contributed by atoms with E-state index in [1.54, 1.807) is 6.92 Å². The molecule has 0 aliphatic carbocycles. The Bertz CT molecular complexity index is 457. The zero-order valence-corrected chi connectivity index (χ0v) is 11.3. The van der Waals surface area contributed by atoms with E-state index < -0.39 is 24.5 Å². The molecule has 0 saturated carbocycles. The highest BCUT2D eigenvalue weighted by Crippen LogP contribution is 2.26. The van der Waals surface area contributed by atoms with Crippen molar-refractivity contribution in [1.29, 1.82) is 0 Å². The van der Waals surface area contributed by atoms with Gasteiger partial charge in [-0.25, -0.2) is 4.79 Å². The van der Waals surface area contributed by atoms with Crippen LogP contribution < -0.4 is 0 Å². The van der Waals surface area contributed by atoms with Gasteiger partial charge in [-0.2, -0.15) is 0 Å². The third-order valence-electron chi connectivity index (χ3n) is 2.86. The maximum Gasteiger partial charge on any atom is 0.330 e. The summed E-state index contributed by atoms with van der Waals surface area (Å²) in [6, 6.07) is 9.44. The van der Waals surface area contributed by atoms with E-state index in [1.165, 1.54) is 12.2 Å². The van der Waals surface area contributed by atoms with Gasteiger partial charge in [0.1, 0.15) is 12.2 Å². The van der Waals surface area contributed by atoms with Crippen LogP contribution in [0.5, 0.6) is 0 Å². The quantitative estimate of drug-likeness (QED) is 0.669. The predicted molar refractivity (Wildman–Crippen MR) is 71.8 cm³/mol. The average molecular weight is 278 g/mol. The summed E-state index contributed by atoms with van der Waals surface area (Å²) in [4.78, 5) is 11.3. The summed E-state index contributed by atoms with van der Waals surface area (Å²) in [7, 11) is 0. The van der Waals surface area contributed by atoms with Gasteiger partial charge in [0, 0.05) is 11.6 Å². The highest BCUT2D eigenvalue weighted by Gasteiger charge is 2.29. The average Bonchev–Trinajstić information content (AvgIpc) is 2.47. The Morgan fingerprint density at radius 2 is 2.20 bits per heavy atom. The van der Waals surface area contributed by atoms with Crippen molar-refractivity contribution < 1.29 is 24.1 Å². The van der Waals surface area contributed by atoms with E-state index in [0.29, 0.717) is 6.61 Å². The molecule has 0 amide bonds. The molecule has 5 nitrogen and oxygen atoms in total. The minimum atomic E-state index is -0.805. The van der Waals surface area contributed by atoms with Gasteiger partial charge >= 0.3 is 5.97 Å². The van der Waals surface area contributed by atoms with E-state index in [0.717, 1.165) is 5.56 Å². The molecular formula is C15H18O5. The Morgan fingerprint density at radius 1 is 1.45 bits per heavy atom. The zero-order valence-electron chi connectivity index (χ0n) is 11.3. The maximum atomic E-state index is 11.3. The Morgan fingerprint density at radius 3 is 2.90 bits per heavy atom. The molecule has 0 unspecified atom stereocenters. The van der Waals surface area contributed by atoms with Crippen molar-refractivity contribution in [2.75, 3.05) is 13.2 Å². The zero-order chi connectivity index (χ0) is 14.4. The molecule has 1 aromatic carbocycles. The van der Waals surface area contributed by atoms with Crippen LogP contribution in [0.3, 0.4) is 0 Å². The van der Waals surface area contributed by atoms with Crippen molar-refractivity contribution in [2.24, 2.45) is 0 Å². The second kappa shape index (κ2) is 7.19. The highest BCUT2D eigenvalue weighted by molar-refractivity contribution is 5.81. The van der Waals surface area contributed by atoms with E-state index in [9.17, 15) is 9.90 Å². The van der Waals surface area contributed by atoms with Crippen molar-refractivity contribution in [2.45, 2.75) is 25.4 Å². The van der Waals surface area contributed by atoms with Crippen LogP contribution in [0.1, 0.15) is 18.8 Å². The number of aliphatic hydroxyl groups is 1. The van der Waals surface area contributed by atoms with Crippen LogP contribution in [0.15, 0.2) is 42.5 Å². The number of ether oxygens (including phenoxy) is 3. The van der Waals surface area contributed by atoms with Gasteiger partial charge in [-0.1, -0.05) is 30.3 Å². The number of esters is 1. The standard InChI is InChI=1S/C15H18O5/c1-2-18-14(17)9-8-13-12(16)10-19-15(20-13)11-6-4-3-5-7-11/h3-9,12-13,15-16H,2,10H2,1H3/b9-8+/t12-,13+,15-/m1/s1. The number of aliphatic hydroxyl groups excluding tert-OH is 1. The lowest BCUT2D eigenvalue weighted by atomic mass is 10.1. The number of benzene rings is 1. The molecule has 1 aliphatic rings. The van der Waals surface area contributed by atoms with Crippen LogP contribution in [0.25, 0.3) is 0 Å². The first-order valence-electron chi connectivity index (χ1n) is 6.55. The molecule has 1 heterocycles. The Kier molecular flexibility index (Phi) is 5.29. The summed E-state index contributed by atoms with van der Waals surface area (Å²) >= 11 is 0. The molecule has 0 bridgehead atoms. The van der Waals surface area contributed by atoms with Gasteiger partial charge < -0.3 is 19.3 Å². The van der Waals surface area contributed by atoms with E-state index in [-0.39, 0.29) is 6.61 Å². The molecule has 1 fully saturated rings. The fraction of sp³-hybridized carbons (Fsp3) is 0.400. The molecule has 20 heavy (non-hydrogen) atoms. The van der Waals surface area contributed by atoms with Crippen molar-refractivity contribution in [3.8, 4) is 0 Å². The van der Waals surface area contributed by atoms with Crippen LogP contribution in [-0.4, -0.2) is 36.5 Å². The van der Waals surface area contributed by atoms with Crippen molar-refractivity contribution in [3.05, 3.63) is 48.0 Å². The normalized spacial score (nSPS) is 26.6. The highest BCUT2D eigenvalue weighted by atomic mass is 16.7. The summed E-state index contributed by atoms with van der Waals surface area (Å²) in [6.45, 7) is 2.20. The lowest BCUT2D eigenvalue weighted by Crippen LogP contribution is -2.39. The topological polar surface area (TPSA) is 65.0 Å². The third-order valence-corrected chi connectivity index (χ3v) is 2.86.